The van der Waals surface area contributed by atoms with E-state index in [0.29, 0.717) is 11.7 Å². The third-order valence-corrected chi connectivity index (χ3v) is 2.20. The van der Waals surface area contributed by atoms with Crippen molar-refractivity contribution < 1.29 is 0 Å². The second kappa shape index (κ2) is 3.32. The van der Waals surface area contributed by atoms with Crippen molar-refractivity contribution in [3.05, 3.63) is 41.0 Å². The smallest absolute Gasteiger partial charge is 0.129 e. The average Bonchev–Trinajstić information content (AvgIpc) is 2.17. The van der Waals surface area contributed by atoms with Crippen LogP contribution in [0.1, 0.15) is 5.56 Å². The molecule has 2 nitrogen and oxygen atoms in total. The Morgan fingerprint density at radius 1 is 1.23 bits per heavy atom. The quantitative estimate of drug-likeness (QED) is 0.705. The van der Waals surface area contributed by atoms with Gasteiger partial charge in [0.1, 0.15) is 5.15 Å². The molecule has 1 heterocycles. The van der Waals surface area contributed by atoms with Crippen molar-refractivity contribution in [2.45, 2.75) is 6.54 Å². The summed E-state index contributed by atoms with van der Waals surface area (Å²) in [6, 6.07) is 9.66. The lowest BCUT2D eigenvalue weighted by atomic mass is 10.1. The molecule has 0 bridgehead atoms. The van der Waals surface area contributed by atoms with E-state index in [-0.39, 0.29) is 0 Å². The predicted molar refractivity (Wildman–Crippen MR) is 54.6 cm³/mol. The van der Waals surface area contributed by atoms with Crippen LogP contribution in [0.2, 0.25) is 5.15 Å². The molecule has 3 heteroatoms. The number of nitrogens with two attached hydrogens (primary N) is 1. The lowest BCUT2D eigenvalue weighted by Crippen LogP contribution is -1.98. The third-order valence-electron chi connectivity index (χ3n) is 1.99. The van der Waals surface area contributed by atoms with Crippen LogP contribution in [0.4, 0.5) is 0 Å². The Morgan fingerprint density at radius 2 is 2.08 bits per heavy atom. The van der Waals surface area contributed by atoms with Crippen molar-refractivity contribution in [3.8, 4) is 0 Å². The van der Waals surface area contributed by atoms with Gasteiger partial charge in [0.05, 0.1) is 5.52 Å². The van der Waals surface area contributed by atoms with Gasteiger partial charge < -0.3 is 5.73 Å². The number of hydrogen-bond acceptors (Lipinski definition) is 2. The van der Waals surface area contributed by atoms with E-state index in [9.17, 15) is 0 Å². The molecule has 0 aliphatic carbocycles. The summed E-state index contributed by atoms with van der Waals surface area (Å²) in [7, 11) is 0. The van der Waals surface area contributed by atoms with E-state index >= 15 is 0 Å². The van der Waals surface area contributed by atoms with Crippen LogP contribution < -0.4 is 5.73 Å². The van der Waals surface area contributed by atoms with E-state index in [4.69, 9.17) is 17.3 Å². The van der Waals surface area contributed by atoms with Gasteiger partial charge in [0.25, 0.3) is 0 Å². The number of rotatable bonds is 1. The lowest BCUT2D eigenvalue weighted by Gasteiger charge is -2.02. The molecule has 2 N–H and O–H groups in total. The molecular formula is C10H9ClN2. The normalized spacial score (nSPS) is 10.6. The minimum atomic E-state index is 0.491. The van der Waals surface area contributed by atoms with Gasteiger partial charge in [0, 0.05) is 11.9 Å². The van der Waals surface area contributed by atoms with Crippen molar-refractivity contribution in [2.24, 2.45) is 5.73 Å². The number of nitrogens with zero attached hydrogens (tertiary/aromatic N) is 1. The Labute approximate surface area is 81.3 Å². The number of aromatic nitrogens is 1. The summed E-state index contributed by atoms with van der Waals surface area (Å²) in [6.07, 6.45) is 0. The second-order valence-electron chi connectivity index (χ2n) is 2.83. The second-order valence-corrected chi connectivity index (χ2v) is 3.21. The van der Waals surface area contributed by atoms with Crippen LogP contribution in [0, 0.1) is 0 Å². The highest BCUT2D eigenvalue weighted by Gasteiger charge is 2.00. The van der Waals surface area contributed by atoms with Gasteiger partial charge in [-0.05, 0) is 17.7 Å². The molecule has 2 aromatic rings. The van der Waals surface area contributed by atoms with E-state index < -0.39 is 0 Å². The summed E-state index contributed by atoms with van der Waals surface area (Å²) in [6.45, 7) is 0.491. The highest BCUT2D eigenvalue weighted by Crippen LogP contribution is 2.18. The molecule has 13 heavy (non-hydrogen) atoms. The van der Waals surface area contributed by atoms with Crippen molar-refractivity contribution in [3.63, 3.8) is 0 Å². The van der Waals surface area contributed by atoms with Gasteiger partial charge in [0.2, 0.25) is 0 Å². The maximum Gasteiger partial charge on any atom is 0.129 e. The number of halogens is 1. The molecule has 0 aliphatic heterocycles. The molecule has 1 aromatic heterocycles. The zero-order valence-corrected chi connectivity index (χ0v) is 7.75. The third kappa shape index (κ3) is 1.50. The minimum Gasteiger partial charge on any atom is -0.326 e. The molecule has 0 saturated heterocycles. The maximum atomic E-state index is 5.80. The summed E-state index contributed by atoms with van der Waals surface area (Å²) >= 11 is 5.80. The van der Waals surface area contributed by atoms with Crippen molar-refractivity contribution in [1.29, 1.82) is 0 Å². The Morgan fingerprint density at radius 3 is 2.85 bits per heavy atom. The molecule has 0 saturated carbocycles. The van der Waals surface area contributed by atoms with Crippen LogP contribution in [0.3, 0.4) is 0 Å². The van der Waals surface area contributed by atoms with Crippen molar-refractivity contribution >= 4 is 22.5 Å². The fraction of sp³-hybridized carbons (Fsp3) is 0.100. The topological polar surface area (TPSA) is 38.9 Å². The highest BCUT2D eigenvalue weighted by atomic mass is 35.5. The fourth-order valence-corrected chi connectivity index (χ4v) is 1.50. The van der Waals surface area contributed by atoms with Crippen LogP contribution in [-0.2, 0) is 6.54 Å². The molecule has 0 atom stereocenters. The van der Waals surface area contributed by atoms with E-state index in [0.717, 1.165) is 16.5 Å². The van der Waals surface area contributed by atoms with Crippen LogP contribution in [-0.4, -0.2) is 4.98 Å². The first kappa shape index (κ1) is 8.48. The van der Waals surface area contributed by atoms with Gasteiger partial charge in [-0.25, -0.2) is 4.98 Å². The van der Waals surface area contributed by atoms with E-state index in [2.05, 4.69) is 4.98 Å². The average molecular weight is 193 g/mol. The molecule has 0 fully saturated rings. The van der Waals surface area contributed by atoms with E-state index in [1.165, 1.54) is 0 Å². The summed E-state index contributed by atoms with van der Waals surface area (Å²) in [5.41, 5.74) is 7.51. The summed E-state index contributed by atoms with van der Waals surface area (Å²) < 4.78 is 0. The first-order valence-corrected chi connectivity index (χ1v) is 4.43. The van der Waals surface area contributed by atoms with Gasteiger partial charge in [-0.3, -0.25) is 0 Å². The van der Waals surface area contributed by atoms with E-state index in [1.54, 1.807) is 6.07 Å². The zero-order valence-electron chi connectivity index (χ0n) is 7.00. The molecule has 0 spiro atoms. The summed E-state index contributed by atoms with van der Waals surface area (Å²) in [4.78, 5) is 4.23. The molecular weight excluding hydrogens is 184 g/mol. The van der Waals surface area contributed by atoms with Gasteiger partial charge in [-0.15, -0.1) is 0 Å². The molecule has 0 amide bonds. The van der Waals surface area contributed by atoms with Gasteiger partial charge in [-0.1, -0.05) is 29.8 Å². The molecule has 2 rings (SSSR count). The van der Waals surface area contributed by atoms with Crippen LogP contribution in [0.5, 0.6) is 0 Å². The van der Waals surface area contributed by atoms with E-state index in [1.807, 2.05) is 24.3 Å². The Bertz CT molecular complexity index is 440. The molecule has 0 radical (unpaired) electrons. The first-order chi connectivity index (χ1) is 6.31. The predicted octanol–water partition coefficient (Wildman–Crippen LogP) is 2.35. The van der Waals surface area contributed by atoms with Crippen LogP contribution >= 0.6 is 11.6 Å². The first-order valence-electron chi connectivity index (χ1n) is 4.05. The Kier molecular flexibility index (Phi) is 2.17. The summed E-state index contributed by atoms with van der Waals surface area (Å²) in [5.74, 6) is 0. The SMILES string of the molecule is NCc1cccc2ccc(Cl)nc12. The van der Waals surface area contributed by atoms with Gasteiger partial charge in [0.15, 0.2) is 0 Å². The molecule has 0 aliphatic rings. The summed E-state index contributed by atoms with van der Waals surface area (Å²) in [5, 5.41) is 1.58. The van der Waals surface area contributed by atoms with Crippen molar-refractivity contribution in [2.75, 3.05) is 0 Å². The number of para-hydroxylation sites is 1. The van der Waals surface area contributed by atoms with Gasteiger partial charge in [-0.2, -0.15) is 0 Å². The number of benzene rings is 1. The maximum absolute atomic E-state index is 5.80. The highest BCUT2D eigenvalue weighted by molar-refractivity contribution is 6.29. The molecule has 1 aromatic carbocycles. The molecule has 0 unspecified atom stereocenters. The minimum absolute atomic E-state index is 0.491. The fourth-order valence-electron chi connectivity index (χ4n) is 1.35. The number of hydrogen-bond donors (Lipinski definition) is 1. The standard InChI is InChI=1S/C10H9ClN2/c11-9-5-4-7-2-1-3-8(6-12)10(7)13-9/h1-5H,6,12H2. The van der Waals surface area contributed by atoms with Gasteiger partial charge >= 0.3 is 0 Å². The van der Waals surface area contributed by atoms with Crippen LogP contribution in [0.25, 0.3) is 10.9 Å². The molecule has 66 valence electrons. The Hall–Kier alpha value is -1.12. The van der Waals surface area contributed by atoms with Crippen molar-refractivity contribution in [1.82, 2.24) is 4.98 Å². The zero-order chi connectivity index (χ0) is 9.26. The number of fused-ring (bicyclic) bond motifs is 1. The largest absolute Gasteiger partial charge is 0.326 e. The lowest BCUT2D eigenvalue weighted by molar-refractivity contribution is 1.08. The van der Waals surface area contributed by atoms with Crippen LogP contribution in [0.15, 0.2) is 30.3 Å². The monoisotopic (exact) mass is 192 g/mol. The Balaban J connectivity index is 2.79. The number of pyridine rings is 1.